The van der Waals surface area contributed by atoms with Crippen molar-refractivity contribution in [3.63, 3.8) is 0 Å². The minimum absolute atomic E-state index is 0.145. The SMILES string of the molecule is COC(=O)CC(=O)C[C@H]1Cc2ccc3c(c2)C24c5cccc(c5N[C@H]2O3)-c2cccc3[nH]cc(c23)-c2cnc(o2)-c2nc(oc24)[C@H](C(C)C)NC1=O. The van der Waals surface area contributed by atoms with E-state index < -0.39 is 36.0 Å². The van der Waals surface area contributed by atoms with Gasteiger partial charge in [0.2, 0.25) is 17.7 Å². The third kappa shape index (κ3) is 4.17. The summed E-state index contributed by atoms with van der Waals surface area (Å²) in [6.07, 6.45) is 2.69. The van der Waals surface area contributed by atoms with E-state index in [-0.39, 0.29) is 42.2 Å². The summed E-state index contributed by atoms with van der Waals surface area (Å²) in [5.74, 6) is -0.0692. The van der Waals surface area contributed by atoms with Crippen molar-refractivity contribution in [3.05, 3.63) is 95.3 Å². The molecule has 3 aromatic heterocycles. The van der Waals surface area contributed by atoms with Crippen LogP contribution in [0.1, 0.15) is 61.1 Å². The van der Waals surface area contributed by atoms with E-state index in [1.54, 1.807) is 6.20 Å². The molecule has 1 amide bonds. The van der Waals surface area contributed by atoms with Crippen LogP contribution in [0.5, 0.6) is 5.75 Å². The lowest BCUT2D eigenvalue weighted by molar-refractivity contribution is -0.144. The maximum Gasteiger partial charge on any atom is 0.313 e. The van der Waals surface area contributed by atoms with Crippen LogP contribution < -0.4 is 15.4 Å². The molecule has 52 heavy (non-hydrogen) atoms. The predicted octanol–water partition coefficient (Wildman–Crippen LogP) is 6.44. The Kier molecular flexibility index (Phi) is 6.43. The molecule has 1 unspecified atom stereocenters. The van der Waals surface area contributed by atoms with Crippen LogP contribution in [-0.4, -0.2) is 45.9 Å². The molecule has 0 saturated heterocycles. The first kappa shape index (κ1) is 30.6. The Balaban J connectivity index is 1.27. The van der Waals surface area contributed by atoms with Gasteiger partial charge >= 0.3 is 5.97 Å². The van der Waals surface area contributed by atoms with Gasteiger partial charge in [0.25, 0.3) is 0 Å². The maximum atomic E-state index is 14.1. The number of fused-ring (bicyclic) bond motifs is 7. The summed E-state index contributed by atoms with van der Waals surface area (Å²) in [5.41, 5.74) is 6.64. The number of amides is 1. The maximum absolute atomic E-state index is 14.1. The molecular formula is C40H33N5O7. The van der Waals surface area contributed by atoms with Gasteiger partial charge in [-0.15, -0.1) is 0 Å². The van der Waals surface area contributed by atoms with Gasteiger partial charge in [-0.2, -0.15) is 0 Å². The van der Waals surface area contributed by atoms with E-state index in [2.05, 4.69) is 39.9 Å². The van der Waals surface area contributed by atoms with Crippen molar-refractivity contribution in [2.45, 2.75) is 50.8 Å². The summed E-state index contributed by atoms with van der Waals surface area (Å²) < 4.78 is 25.1. The Labute approximate surface area is 296 Å². The fourth-order valence-corrected chi connectivity index (χ4v) is 8.55. The second kappa shape index (κ2) is 10.9. The lowest BCUT2D eigenvalue weighted by Gasteiger charge is -2.28. The van der Waals surface area contributed by atoms with E-state index in [9.17, 15) is 14.4 Å². The molecule has 0 radical (unpaired) electrons. The number of oxazole rings is 2. The van der Waals surface area contributed by atoms with Crippen molar-refractivity contribution in [1.82, 2.24) is 20.3 Å². The minimum Gasteiger partial charge on any atom is -0.469 e. The van der Waals surface area contributed by atoms with Crippen LogP contribution in [0.4, 0.5) is 5.69 Å². The molecule has 1 spiro atoms. The summed E-state index contributed by atoms with van der Waals surface area (Å²) in [6.45, 7) is 3.94. The third-order valence-electron chi connectivity index (χ3n) is 11.0. The van der Waals surface area contributed by atoms with Crippen molar-refractivity contribution in [2.24, 2.45) is 11.8 Å². The number of aromatic nitrogens is 3. The van der Waals surface area contributed by atoms with Gasteiger partial charge in [0.1, 0.15) is 29.4 Å². The van der Waals surface area contributed by atoms with Crippen LogP contribution >= 0.6 is 0 Å². The third-order valence-corrected chi connectivity index (χ3v) is 11.0. The van der Waals surface area contributed by atoms with Gasteiger partial charge < -0.3 is 33.9 Å². The zero-order valence-corrected chi connectivity index (χ0v) is 28.5. The van der Waals surface area contributed by atoms with Crippen LogP contribution in [0.3, 0.4) is 0 Å². The molecule has 0 fully saturated rings. The Morgan fingerprint density at radius 2 is 1.87 bits per heavy atom. The van der Waals surface area contributed by atoms with E-state index in [1.807, 2.05) is 50.4 Å². The van der Waals surface area contributed by atoms with E-state index in [0.717, 1.165) is 50.0 Å². The number of aromatic amines is 1. The largest absolute Gasteiger partial charge is 0.469 e. The van der Waals surface area contributed by atoms with Crippen LogP contribution in [0, 0.1) is 11.8 Å². The second-order valence-electron chi connectivity index (χ2n) is 14.3. The topological polar surface area (TPSA) is 162 Å². The zero-order chi connectivity index (χ0) is 35.5. The smallest absolute Gasteiger partial charge is 0.313 e. The number of ether oxygens (including phenoxy) is 2. The molecule has 7 heterocycles. The average Bonchev–Trinajstić information content (AvgIpc) is 3.95. The Bertz CT molecular complexity index is 2510. The van der Waals surface area contributed by atoms with Gasteiger partial charge in [-0.3, -0.25) is 14.4 Å². The quantitative estimate of drug-likeness (QED) is 0.135. The van der Waals surface area contributed by atoms with Crippen molar-refractivity contribution in [1.29, 1.82) is 0 Å². The molecule has 3 N–H and O–H groups in total. The molecule has 3 aromatic carbocycles. The molecule has 260 valence electrons. The summed E-state index contributed by atoms with van der Waals surface area (Å²) in [6, 6.07) is 17.6. The fraction of sp³-hybridized carbons (Fsp3) is 0.275. The van der Waals surface area contributed by atoms with E-state index in [1.165, 1.54) is 7.11 Å². The molecule has 4 aliphatic rings. The first-order valence-electron chi connectivity index (χ1n) is 17.4. The van der Waals surface area contributed by atoms with E-state index in [4.69, 9.17) is 28.3 Å². The molecule has 0 saturated carbocycles. The number of carbonyl (C=O) groups is 3. The van der Waals surface area contributed by atoms with Crippen LogP contribution in [0.2, 0.25) is 0 Å². The number of hydrogen-bond acceptors (Lipinski definition) is 10. The summed E-state index contributed by atoms with van der Waals surface area (Å²) in [4.78, 5) is 52.5. The number of ketones is 1. The highest BCUT2D eigenvalue weighted by Gasteiger charge is 2.61. The highest BCUT2D eigenvalue weighted by molar-refractivity contribution is 6.07. The number of anilines is 1. The molecule has 0 aliphatic carbocycles. The standard InChI is InChI=1S/C40H33N5O7/c1-18(2)32-38-44-34-35(52-38)40-25-8-4-7-23(22-6-5-9-27-31(22)24(16-41-27)29-17-42-37(34)50-29)33(25)45-39(40)51-28-11-10-19(13-26(28)40)12-20(36(48)43-32)14-21(46)15-30(47)49-3/h4-11,13,16-18,20,32,39,41,45H,12,14-15H2,1-3H3,(H,43,48)/t20-,32+,39+,40?/m1/s1. The van der Waals surface area contributed by atoms with Gasteiger partial charge in [-0.25, -0.2) is 9.97 Å². The molecule has 12 heteroatoms. The van der Waals surface area contributed by atoms with Crippen molar-refractivity contribution >= 4 is 34.3 Å². The second-order valence-corrected chi connectivity index (χ2v) is 14.3. The van der Waals surface area contributed by atoms with Gasteiger partial charge in [0.05, 0.1) is 13.3 Å². The van der Waals surface area contributed by atoms with E-state index in [0.29, 0.717) is 23.0 Å². The number of esters is 1. The van der Waals surface area contributed by atoms with Crippen LogP contribution in [0.15, 0.2) is 75.8 Å². The normalized spacial score (nSPS) is 21.8. The summed E-state index contributed by atoms with van der Waals surface area (Å²) in [5, 5.41) is 7.91. The number of hydrogen-bond donors (Lipinski definition) is 3. The number of carbonyl (C=O) groups excluding carboxylic acids is 3. The van der Waals surface area contributed by atoms with Gasteiger partial charge in [0.15, 0.2) is 23.4 Å². The highest BCUT2D eigenvalue weighted by atomic mass is 16.5. The van der Waals surface area contributed by atoms with Gasteiger partial charge in [0, 0.05) is 57.4 Å². The molecule has 6 aromatic rings. The number of H-pyrrole nitrogens is 1. The van der Waals surface area contributed by atoms with Crippen LogP contribution in [0.25, 0.3) is 44.9 Å². The Hall–Kier alpha value is -6.17. The van der Waals surface area contributed by atoms with Crippen molar-refractivity contribution in [2.75, 3.05) is 12.4 Å². The summed E-state index contributed by atoms with van der Waals surface area (Å²) in [7, 11) is 1.24. The number of para-hydroxylation sites is 1. The Morgan fingerprint density at radius 1 is 1.02 bits per heavy atom. The average molecular weight is 696 g/mol. The van der Waals surface area contributed by atoms with Crippen molar-refractivity contribution in [3.8, 4) is 39.8 Å². The zero-order valence-electron chi connectivity index (χ0n) is 28.5. The lowest BCUT2D eigenvalue weighted by atomic mass is 9.72. The van der Waals surface area contributed by atoms with Crippen LogP contribution in [-0.2, 0) is 31.0 Å². The lowest BCUT2D eigenvalue weighted by Crippen LogP contribution is -2.40. The Morgan fingerprint density at radius 3 is 2.71 bits per heavy atom. The number of nitrogens with one attached hydrogen (secondary N) is 3. The number of nitrogens with zero attached hydrogens (tertiary/aromatic N) is 2. The van der Waals surface area contributed by atoms with Gasteiger partial charge in [-0.05, 0) is 35.6 Å². The minimum atomic E-state index is -1.05. The highest BCUT2D eigenvalue weighted by Crippen LogP contribution is 2.61. The molecule has 10 rings (SSSR count). The van der Waals surface area contributed by atoms with Gasteiger partial charge in [-0.1, -0.05) is 56.3 Å². The summed E-state index contributed by atoms with van der Waals surface area (Å²) >= 11 is 0. The molecular weight excluding hydrogens is 662 g/mol. The first-order chi connectivity index (χ1) is 25.2. The molecule has 12 nitrogen and oxygen atoms in total. The fourth-order valence-electron chi connectivity index (χ4n) is 8.55. The number of rotatable bonds is 5. The first-order valence-corrected chi connectivity index (χ1v) is 17.4. The predicted molar refractivity (Wildman–Crippen MR) is 188 cm³/mol. The van der Waals surface area contributed by atoms with Crippen molar-refractivity contribution < 1.29 is 32.7 Å². The molecule has 4 aliphatic heterocycles. The molecule has 4 atom stereocenters. The monoisotopic (exact) mass is 695 g/mol. The van der Waals surface area contributed by atoms with E-state index >= 15 is 0 Å². The number of Topliss-reactive ketones (excluding diaryl/α,β-unsaturated/α-hetero) is 1. The number of methoxy groups -OCH3 is 1. The molecule has 10 bridgehead atoms. The number of benzene rings is 3.